The maximum absolute atomic E-state index is 3.61. The molecular formula is C16H20BrNS. The van der Waals surface area contributed by atoms with E-state index in [-0.39, 0.29) is 0 Å². The minimum Gasteiger partial charge on any atom is -0.312 e. The lowest BCUT2D eigenvalue weighted by molar-refractivity contribution is 0.550. The van der Waals surface area contributed by atoms with Crippen molar-refractivity contribution in [3.8, 4) is 10.4 Å². The van der Waals surface area contributed by atoms with Crippen LogP contribution < -0.4 is 5.32 Å². The van der Waals surface area contributed by atoms with E-state index in [0.29, 0.717) is 6.04 Å². The average Bonchev–Trinajstić information content (AvgIpc) is 2.88. The summed E-state index contributed by atoms with van der Waals surface area (Å²) in [4.78, 5) is 2.78. The molecule has 2 aromatic rings. The molecule has 0 aliphatic carbocycles. The fourth-order valence-corrected chi connectivity index (χ4v) is 3.88. The molecular weight excluding hydrogens is 318 g/mol. The Kier molecular flexibility index (Phi) is 5.20. The summed E-state index contributed by atoms with van der Waals surface area (Å²) < 4.78 is 1.18. The molecule has 3 heteroatoms. The first-order valence-corrected chi connectivity index (χ1v) is 8.30. The first-order chi connectivity index (χ1) is 9.17. The summed E-state index contributed by atoms with van der Waals surface area (Å²) in [6, 6.07) is 11.4. The molecule has 0 spiro atoms. The number of hydrogen-bond acceptors (Lipinski definition) is 2. The normalized spacial score (nSPS) is 12.6. The predicted octanol–water partition coefficient (Wildman–Crippen LogP) is 5.55. The molecule has 1 aromatic carbocycles. The van der Waals surface area contributed by atoms with Crippen molar-refractivity contribution >= 4 is 27.3 Å². The zero-order valence-corrected chi connectivity index (χ0v) is 14.1. The molecule has 2 rings (SSSR count). The van der Waals surface area contributed by atoms with Gasteiger partial charge in [-0.1, -0.05) is 41.4 Å². The SMILES string of the molecule is CCCC(NC)c1ccc(-c2cccc(Br)c2C)s1. The summed E-state index contributed by atoms with van der Waals surface area (Å²) in [5.74, 6) is 0. The highest BCUT2D eigenvalue weighted by atomic mass is 79.9. The van der Waals surface area contributed by atoms with Crippen LogP contribution in [0.15, 0.2) is 34.8 Å². The van der Waals surface area contributed by atoms with E-state index in [4.69, 9.17) is 0 Å². The van der Waals surface area contributed by atoms with Crippen molar-refractivity contribution in [3.05, 3.63) is 45.2 Å². The maximum Gasteiger partial charge on any atom is 0.0412 e. The van der Waals surface area contributed by atoms with Crippen molar-refractivity contribution in [3.63, 3.8) is 0 Å². The summed E-state index contributed by atoms with van der Waals surface area (Å²) in [6.45, 7) is 4.40. The van der Waals surface area contributed by atoms with E-state index in [1.54, 1.807) is 0 Å². The van der Waals surface area contributed by atoms with E-state index in [2.05, 4.69) is 65.4 Å². The van der Waals surface area contributed by atoms with E-state index >= 15 is 0 Å². The van der Waals surface area contributed by atoms with Gasteiger partial charge >= 0.3 is 0 Å². The molecule has 1 heterocycles. The maximum atomic E-state index is 3.61. The van der Waals surface area contributed by atoms with Gasteiger partial charge in [-0.2, -0.15) is 0 Å². The lowest BCUT2D eigenvalue weighted by atomic mass is 10.1. The number of hydrogen-bond donors (Lipinski definition) is 1. The highest BCUT2D eigenvalue weighted by Crippen LogP contribution is 2.36. The topological polar surface area (TPSA) is 12.0 Å². The Hall–Kier alpha value is -0.640. The average molecular weight is 338 g/mol. The molecule has 19 heavy (non-hydrogen) atoms. The molecule has 1 nitrogen and oxygen atoms in total. The molecule has 1 N–H and O–H groups in total. The molecule has 1 unspecified atom stereocenters. The van der Waals surface area contributed by atoms with Crippen molar-refractivity contribution in [2.75, 3.05) is 7.05 Å². The Morgan fingerprint density at radius 3 is 2.74 bits per heavy atom. The molecule has 0 radical (unpaired) electrons. The Labute approximate surface area is 128 Å². The Bertz CT molecular complexity index is 547. The fraction of sp³-hybridized carbons (Fsp3) is 0.375. The van der Waals surface area contributed by atoms with Gasteiger partial charge in [0.2, 0.25) is 0 Å². The van der Waals surface area contributed by atoms with Gasteiger partial charge in [0.1, 0.15) is 0 Å². The quantitative estimate of drug-likeness (QED) is 0.754. The van der Waals surface area contributed by atoms with Crippen molar-refractivity contribution in [2.45, 2.75) is 32.7 Å². The predicted molar refractivity (Wildman–Crippen MR) is 88.9 cm³/mol. The Morgan fingerprint density at radius 1 is 1.26 bits per heavy atom. The van der Waals surface area contributed by atoms with E-state index in [1.165, 1.54) is 38.2 Å². The smallest absolute Gasteiger partial charge is 0.0412 e. The number of rotatable bonds is 5. The van der Waals surface area contributed by atoms with Crippen LogP contribution in [0, 0.1) is 6.92 Å². The molecule has 0 aliphatic heterocycles. The van der Waals surface area contributed by atoms with E-state index < -0.39 is 0 Å². The molecule has 0 saturated carbocycles. The number of thiophene rings is 1. The zero-order valence-electron chi connectivity index (χ0n) is 11.7. The van der Waals surface area contributed by atoms with Crippen LogP contribution in [0.5, 0.6) is 0 Å². The molecule has 102 valence electrons. The lowest BCUT2D eigenvalue weighted by Crippen LogP contribution is -2.14. The molecule has 0 aliphatic rings. The van der Waals surface area contributed by atoms with Crippen LogP contribution in [0.2, 0.25) is 0 Å². The van der Waals surface area contributed by atoms with Gasteiger partial charge < -0.3 is 5.32 Å². The first-order valence-electron chi connectivity index (χ1n) is 6.69. The molecule has 0 amide bonds. The highest BCUT2D eigenvalue weighted by molar-refractivity contribution is 9.10. The monoisotopic (exact) mass is 337 g/mol. The van der Waals surface area contributed by atoms with Gasteiger partial charge in [0.05, 0.1) is 0 Å². The summed E-state index contributed by atoms with van der Waals surface area (Å²) in [6.07, 6.45) is 2.39. The van der Waals surface area contributed by atoms with Crippen LogP contribution in [0.4, 0.5) is 0 Å². The van der Waals surface area contributed by atoms with Crippen LogP contribution in [0.1, 0.15) is 36.2 Å². The van der Waals surface area contributed by atoms with Crippen molar-refractivity contribution in [2.24, 2.45) is 0 Å². The van der Waals surface area contributed by atoms with Crippen LogP contribution >= 0.6 is 27.3 Å². The van der Waals surface area contributed by atoms with Gasteiger partial charge in [0.25, 0.3) is 0 Å². The fourth-order valence-electron chi connectivity index (χ4n) is 2.28. The van der Waals surface area contributed by atoms with Gasteiger partial charge in [-0.05, 0) is 49.7 Å². The van der Waals surface area contributed by atoms with Crippen LogP contribution in [0.3, 0.4) is 0 Å². The Balaban J connectivity index is 2.32. The summed E-state index contributed by atoms with van der Waals surface area (Å²) >= 11 is 5.51. The largest absolute Gasteiger partial charge is 0.312 e. The minimum atomic E-state index is 0.483. The third kappa shape index (κ3) is 3.28. The first kappa shape index (κ1) is 14.8. The van der Waals surface area contributed by atoms with Crippen LogP contribution in [-0.2, 0) is 0 Å². The van der Waals surface area contributed by atoms with E-state index in [1.807, 2.05) is 18.4 Å². The number of nitrogens with one attached hydrogen (secondary N) is 1. The highest BCUT2D eigenvalue weighted by Gasteiger charge is 2.13. The molecule has 0 fully saturated rings. The van der Waals surface area contributed by atoms with Gasteiger partial charge in [-0.3, -0.25) is 0 Å². The third-order valence-corrected chi connectivity index (χ3v) is 5.52. The summed E-state index contributed by atoms with van der Waals surface area (Å²) in [5.41, 5.74) is 2.64. The minimum absolute atomic E-state index is 0.483. The molecule has 0 saturated heterocycles. The Morgan fingerprint density at radius 2 is 2.05 bits per heavy atom. The number of halogens is 1. The molecule has 0 bridgehead atoms. The zero-order chi connectivity index (χ0) is 13.8. The van der Waals surface area contributed by atoms with Crippen molar-refractivity contribution < 1.29 is 0 Å². The van der Waals surface area contributed by atoms with Gasteiger partial charge in [0.15, 0.2) is 0 Å². The third-order valence-electron chi connectivity index (χ3n) is 3.43. The van der Waals surface area contributed by atoms with Gasteiger partial charge in [-0.15, -0.1) is 11.3 Å². The van der Waals surface area contributed by atoms with Crippen LogP contribution in [-0.4, -0.2) is 7.05 Å². The number of benzene rings is 1. The van der Waals surface area contributed by atoms with Gasteiger partial charge in [0, 0.05) is 20.3 Å². The van der Waals surface area contributed by atoms with Crippen LogP contribution in [0.25, 0.3) is 10.4 Å². The second-order valence-electron chi connectivity index (χ2n) is 4.74. The van der Waals surface area contributed by atoms with Crippen molar-refractivity contribution in [1.29, 1.82) is 0 Å². The van der Waals surface area contributed by atoms with E-state index in [0.717, 1.165) is 0 Å². The van der Waals surface area contributed by atoms with E-state index in [9.17, 15) is 0 Å². The summed E-state index contributed by atoms with van der Waals surface area (Å²) in [7, 11) is 2.05. The molecule has 1 atom stereocenters. The standard InChI is InChI=1S/C16H20BrNS/c1-4-6-14(18-3)16-10-9-15(19-16)12-7-5-8-13(17)11(12)2/h5,7-10,14,18H,4,6H2,1-3H3. The second-order valence-corrected chi connectivity index (χ2v) is 6.71. The lowest BCUT2D eigenvalue weighted by Gasteiger charge is -2.12. The summed E-state index contributed by atoms with van der Waals surface area (Å²) in [5, 5.41) is 3.41. The second kappa shape index (κ2) is 6.69. The molecule has 1 aromatic heterocycles. The van der Waals surface area contributed by atoms with Crippen molar-refractivity contribution in [1.82, 2.24) is 5.32 Å². The van der Waals surface area contributed by atoms with Gasteiger partial charge in [-0.25, -0.2) is 0 Å².